The summed E-state index contributed by atoms with van der Waals surface area (Å²) < 4.78 is 12.1. The van der Waals surface area contributed by atoms with Crippen molar-refractivity contribution in [3.8, 4) is 5.75 Å². The molecule has 3 aromatic rings. The number of esters is 1. The predicted molar refractivity (Wildman–Crippen MR) is 116 cm³/mol. The van der Waals surface area contributed by atoms with E-state index >= 15 is 0 Å². The second kappa shape index (κ2) is 8.26. The van der Waals surface area contributed by atoms with Crippen molar-refractivity contribution in [2.45, 2.75) is 45.1 Å². The topological polar surface area (TPSA) is 87.5 Å². The summed E-state index contributed by atoms with van der Waals surface area (Å²) in [6, 6.07) is 5.25. The van der Waals surface area contributed by atoms with Crippen molar-refractivity contribution in [3.05, 3.63) is 56.4 Å². The molecule has 2 aliphatic rings. The van der Waals surface area contributed by atoms with E-state index < -0.39 is 5.97 Å². The molecule has 1 aromatic carbocycles. The summed E-state index contributed by atoms with van der Waals surface area (Å²) in [6.07, 6.45) is 6.43. The minimum atomic E-state index is -0.516. The maximum Gasteiger partial charge on any atom is 0.308 e. The van der Waals surface area contributed by atoms with Crippen molar-refractivity contribution in [2.75, 3.05) is 13.2 Å². The monoisotopic (exact) mass is 438 g/mol. The zero-order valence-corrected chi connectivity index (χ0v) is 17.8. The molecule has 0 radical (unpaired) electrons. The molecule has 0 N–H and O–H groups in total. The van der Waals surface area contributed by atoms with Crippen LogP contribution in [0.2, 0.25) is 0 Å². The molecule has 8 heteroatoms. The molecular weight excluding hydrogens is 416 g/mol. The van der Waals surface area contributed by atoms with Crippen LogP contribution < -0.4 is 10.3 Å². The summed E-state index contributed by atoms with van der Waals surface area (Å²) in [4.78, 5) is 43.9. The van der Waals surface area contributed by atoms with Crippen LogP contribution in [0.1, 0.15) is 45.6 Å². The number of fused-ring (bicyclic) bond motifs is 4. The minimum absolute atomic E-state index is 0.00469. The fraction of sp³-hybridized carbons (Fsp3) is 0.391. The highest BCUT2D eigenvalue weighted by Gasteiger charge is 2.20. The van der Waals surface area contributed by atoms with Crippen LogP contribution in [0.3, 0.4) is 0 Å². The summed E-state index contributed by atoms with van der Waals surface area (Å²) in [5.74, 6) is 0.0295. The molecule has 0 bridgehead atoms. The number of aryl methyl sites for hydroxylation is 3. The molecule has 7 nitrogen and oxygen atoms in total. The lowest BCUT2D eigenvalue weighted by Gasteiger charge is -2.10. The molecular formula is C23H22N2O5S. The van der Waals surface area contributed by atoms with Gasteiger partial charge < -0.3 is 9.47 Å². The van der Waals surface area contributed by atoms with E-state index in [1.807, 2.05) is 0 Å². The summed E-state index contributed by atoms with van der Waals surface area (Å²) >= 11 is 1.60. The number of hydrogen-bond donors (Lipinski definition) is 0. The molecule has 1 aliphatic heterocycles. The molecule has 3 heterocycles. The molecule has 0 saturated heterocycles. The van der Waals surface area contributed by atoms with E-state index in [1.54, 1.807) is 29.5 Å². The van der Waals surface area contributed by atoms with Crippen molar-refractivity contribution >= 4 is 33.3 Å². The fourth-order valence-corrected chi connectivity index (χ4v) is 5.43. The Hall–Kier alpha value is -3.00. The second-order valence-corrected chi connectivity index (χ2v) is 8.97. The minimum Gasteiger partial charge on any atom is -0.493 e. The van der Waals surface area contributed by atoms with Gasteiger partial charge in [-0.05, 0) is 55.0 Å². The number of carbonyl (C=O) groups is 2. The van der Waals surface area contributed by atoms with E-state index in [0.717, 1.165) is 53.8 Å². The van der Waals surface area contributed by atoms with Gasteiger partial charge in [0.15, 0.2) is 12.4 Å². The Bertz CT molecular complexity index is 1240. The van der Waals surface area contributed by atoms with Crippen molar-refractivity contribution in [1.29, 1.82) is 0 Å². The van der Waals surface area contributed by atoms with Crippen molar-refractivity contribution in [2.24, 2.45) is 0 Å². The zero-order valence-electron chi connectivity index (χ0n) is 17.0. The van der Waals surface area contributed by atoms with Crippen molar-refractivity contribution in [3.63, 3.8) is 0 Å². The number of nitrogens with zero attached hydrogens (tertiary/aromatic N) is 2. The van der Waals surface area contributed by atoms with Crippen LogP contribution in [0.4, 0.5) is 0 Å². The first kappa shape index (κ1) is 19.9. The van der Waals surface area contributed by atoms with Gasteiger partial charge in [0.2, 0.25) is 0 Å². The quantitative estimate of drug-likeness (QED) is 0.434. The number of benzene rings is 1. The van der Waals surface area contributed by atoms with Gasteiger partial charge in [0.05, 0.1) is 24.7 Å². The number of ketones is 1. The third kappa shape index (κ3) is 3.87. The lowest BCUT2D eigenvalue weighted by Crippen LogP contribution is -2.23. The third-order valence-corrected chi connectivity index (χ3v) is 7.07. The number of rotatable bonds is 6. The van der Waals surface area contributed by atoms with E-state index in [2.05, 4.69) is 4.98 Å². The van der Waals surface area contributed by atoms with Gasteiger partial charge in [-0.2, -0.15) is 0 Å². The molecule has 1 aliphatic carbocycles. The summed E-state index contributed by atoms with van der Waals surface area (Å²) in [5.41, 5.74) is 2.53. The van der Waals surface area contributed by atoms with Crippen LogP contribution in [-0.4, -0.2) is 34.5 Å². The second-order valence-electron chi connectivity index (χ2n) is 7.89. The number of ether oxygens (including phenoxy) is 2. The van der Waals surface area contributed by atoms with E-state index in [9.17, 15) is 14.4 Å². The number of carbonyl (C=O) groups excluding carboxylic acids is 2. The van der Waals surface area contributed by atoms with Gasteiger partial charge in [-0.1, -0.05) is 0 Å². The van der Waals surface area contributed by atoms with Gasteiger partial charge in [0, 0.05) is 23.4 Å². The Morgan fingerprint density at radius 2 is 2.06 bits per heavy atom. The Balaban J connectivity index is 1.21. The number of Topliss-reactive ketones (excluding diaryl/α,β-unsaturated/α-hetero) is 1. The van der Waals surface area contributed by atoms with Gasteiger partial charge in [-0.25, -0.2) is 4.98 Å². The van der Waals surface area contributed by atoms with Crippen LogP contribution in [0.25, 0.3) is 10.2 Å². The normalized spacial score (nSPS) is 14.7. The molecule has 0 amide bonds. The van der Waals surface area contributed by atoms with E-state index in [-0.39, 0.29) is 30.9 Å². The summed E-state index contributed by atoms with van der Waals surface area (Å²) in [6.45, 7) is 0.481. The molecule has 5 rings (SSSR count). The van der Waals surface area contributed by atoms with Crippen molar-refractivity contribution in [1.82, 2.24) is 9.55 Å². The lowest BCUT2D eigenvalue weighted by molar-refractivity contribution is -0.142. The lowest BCUT2D eigenvalue weighted by atomic mass is 9.97. The highest BCUT2D eigenvalue weighted by molar-refractivity contribution is 7.18. The smallest absolute Gasteiger partial charge is 0.308 e. The standard InChI is InChI=1S/C23H22N2O5S/c26-17(14-5-6-18-15(11-14)8-10-29-18)12-30-20(27)7-9-25-13-24-22-21(23(25)28)16-3-1-2-4-19(16)31-22/h5-6,11,13H,1-4,7-10,12H2. The molecule has 160 valence electrons. The average Bonchev–Trinajstić information content (AvgIpc) is 3.41. The number of hydrogen-bond acceptors (Lipinski definition) is 7. The SMILES string of the molecule is O=C(CCn1cnc2sc3c(c2c1=O)CCCC3)OCC(=O)c1ccc2c(c1)CCO2. The molecule has 0 spiro atoms. The van der Waals surface area contributed by atoms with Gasteiger partial charge in [-0.15, -0.1) is 11.3 Å². The van der Waals surface area contributed by atoms with Crippen LogP contribution >= 0.6 is 11.3 Å². The van der Waals surface area contributed by atoms with Crippen molar-refractivity contribution < 1.29 is 19.1 Å². The van der Waals surface area contributed by atoms with Gasteiger partial charge in [0.25, 0.3) is 5.56 Å². The molecule has 0 unspecified atom stereocenters. The number of aromatic nitrogens is 2. The van der Waals surface area contributed by atoms with E-state index in [1.165, 1.54) is 15.8 Å². The largest absolute Gasteiger partial charge is 0.493 e. The zero-order chi connectivity index (χ0) is 21.4. The highest BCUT2D eigenvalue weighted by atomic mass is 32.1. The maximum absolute atomic E-state index is 12.9. The highest BCUT2D eigenvalue weighted by Crippen LogP contribution is 2.33. The first-order valence-corrected chi connectivity index (χ1v) is 11.4. The van der Waals surface area contributed by atoms with E-state index in [4.69, 9.17) is 9.47 Å². The first-order valence-electron chi connectivity index (χ1n) is 10.5. The fourth-order valence-electron chi connectivity index (χ4n) is 4.21. The average molecular weight is 439 g/mol. The van der Waals surface area contributed by atoms with Crippen LogP contribution in [0.5, 0.6) is 5.75 Å². The summed E-state index contributed by atoms with van der Waals surface area (Å²) in [7, 11) is 0. The Labute approximate surface area is 182 Å². The Morgan fingerprint density at radius 3 is 2.97 bits per heavy atom. The molecule has 2 aromatic heterocycles. The number of thiophene rings is 1. The maximum atomic E-state index is 12.9. The molecule has 0 saturated carbocycles. The molecule has 0 fully saturated rings. The van der Waals surface area contributed by atoms with Gasteiger partial charge in [-0.3, -0.25) is 19.0 Å². The first-order chi connectivity index (χ1) is 15.1. The summed E-state index contributed by atoms with van der Waals surface area (Å²) in [5, 5.41) is 0.700. The predicted octanol–water partition coefficient (Wildman–Crippen LogP) is 3.09. The molecule has 31 heavy (non-hydrogen) atoms. The Kier molecular flexibility index (Phi) is 5.31. The van der Waals surface area contributed by atoms with Crippen LogP contribution in [0.15, 0.2) is 29.3 Å². The van der Waals surface area contributed by atoms with Crippen LogP contribution in [-0.2, 0) is 35.3 Å². The van der Waals surface area contributed by atoms with Gasteiger partial charge >= 0.3 is 5.97 Å². The third-order valence-electron chi connectivity index (χ3n) is 5.87. The molecule has 0 atom stereocenters. The van der Waals surface area contributed by atoms with Gasteiger partial charge in [0.1, 0.15) is 10.6 Å². The van der Waals surface area contributed by atoms with Crippen LogP contribution in [0, 0.1) is 0 Å². The van der Waals surface area contributed by atoms with E-state index in [0.29, 0.717) is 17.6 Å². The Morgan fingerprint density at radius 1 is 1.19 bits per heavy atom.